The van der Waals surface area contributed by atoms with Crippen molar-refractivity contribution < 1.29 is 13.2 Å². The van der Waals surface area contributed by atoms with E-state index in [0.29, 0.717) is 19.3 Å². The van der Waals surface area contributed by atoms with Gasteiger partial charge in [-0.15, -0.1) is 0 Å². The fraction of sp³-hybridized carbons (Fsp3) is 0.900. The second-order valence-corrected chi connectivity index (χ2v) is 6.45. The summed E-state index contributed by atoms with van der Waals surface area (Å²) in [6.45, 7) is 3.96. The minimum Gasteiger partial charge on any atom is -0.369 e. The average Bonchev–Trinajstić information content (AvgIpc) is 2.17. The molecule has 0 aliphatic carbocycles. The zero-order chi connectivity index (χ0) is 12.3. The average molecular weight is 248 g/mol. The first kappa shape index (κ1) is 13.4. The molecule has 0 aromatic rings. The lowest BCUT2D eigenvalue weighted by atomic mass is 9.95. The van der Waals surface area contributed by atoms with E-state index in [1.807, 2.05) is 13.8 Å². The van der Waals surface area contributed by atoms with Crippen molar-refractivity contribution in [2.24, 2.45) is 11.7 Å². The molecule has 2 N–H and O–H groups in total. The maximum atomic E-state index is 11.9. The Kier molecular flexibility index (Phi) is 4.32. The minimum atomic E-state index is -3.22. The number of nitrogens with zero attached hydrogens (tertiary/aromatic N) is 1. The normalized spacial score (nSPS) is 27.9. The van der Waals surface area contributed by atoms with Gasteiger partial charge in [-0.1, -0.05) is 6.92 Å². The Morgan fingerprint density at radius 3 is 2.56 bits per heavy atom. The summed E-state index contributed by atoms with van der Waals surface area (Å²) < 4.78 is 25.3. The molecule has 0 bridgehead atoms. The van der Waals surface area contributed by atoms with Crippen molar-refractivity contribution in [3.05, 3.63) is 0 Å². The van der Waals surface area contributed by atoms with Crippen molar-refractivity contribution in [2.75, 3.05) is 12.3 Å². The summed E-state index contributed by atoms with van der Waals surface area (Å²) in [6.07, 6.45) is 1.98. The van der Waals surface area contributed by atoms with Gasteiger partial charge in [0.25, 0.3) is 0 Å². The van der Waals surface area contributed by atoms with Crippen LogP contribution in [0.4, 0.5) is 0 Å². The van der Waals surface area contributed by atoms with Crippen LogP contribution in [0.15, 0.2) is 0 Å². The predicted octanol–water partition coefficient (Wildman–Crippen LogP) is 0.312. The van der Waals surface area contributed by atoms with Crippen molar-refractivity contribution in [3.63, 3.8) is 0 Å². The largest absolute Gasteiger partial charge is 0.369 e. The molecule has 2 atom stereocenters. The van der Waals surface area contributed by atoms with Crippen LogP contribution in [0.1, 0.15) is 33.1 Å². The SMILES string of the molecule is CCCS(=O)(=O)N1CC(C(N)=O)CCC1C. The van der Waals surface area contributed by atoms with Crippen molar-refractivity contribution in [1.82, 2.24) is 4.31 Å². The quantitative estimate of drug-likeness (QED) is 0.777. The lowest BCUT2D eigenvalue weighted by Crippen LogP contribution is -2.49. The molecule has 1 saturated heterocycles. The summed E-state index contributed by atoms with van der Waals surface area (Å²) in [6, 6.07) is -0.0212. The van der Waals surface area contributed by atoms with E-state index in [4.69, 9.17) is 5.73 Å². The van der Waals surface area contributed by atoms with Gasteiger partial charge in [0, 0.05) is 12.6 Å². The fourth-order valence-electron chi connectivity index (χ4n) is 2.07. The highest BCUT2D eigenvalue weighted by Gasteiger charge is 2.35. The molecule has 16 heavy (non-hydrogen) atoms. The molecule has 0 spiro atoms. The van der Waals surface area contributed by atoms with E-state index in [1.54, 1.807) is 0 Å². The van der Waals surface area contributed by atoms with Gasteiger partial charge in [0.05, 0.1) is 11.7 Å². The summed E-state index contributed by atoms with van der Waals surface area (Å²) in [4.78, 5) is 11.1. The molecule has 0 saturated carbocycles. The third-order valence-electron chi connectivity index (χ3n) is 3.05. The zero-order valence-corrected chi connectivity index (χ0v) is 10.7. The molecule has 1 aliphatic rings. The summed E-state index contributed by atoms with van der Waals surface area (Å²) in [5, 5.41) is 0. The van der Waals surface area contributed by atoms with Crippen LogP contribution in [0.3, 0.4) is 0 Å². The number of hydrogen-bond acceptors (Lipinski definition) is 3. The Hall–Kier alpha value is -0.620. The Balaban J connectivity index is 2.81. The lowest BCUT2D eigenvalue weighted by molar-refractivity contribution is -0.123. The molecule has 1 fully saturated rings. The first-order chi connectivity index (χ1) is 7.38. The number of primary amides is 1. The minimum absolute atomic E-state index is 0.0212. The highest BCUT2D eigenvalue weighted by molar-refractivity contribution is 7.89. The first-order valence-corrected chi connectivity index (χ1v) is 7.28. The van der Waals surface area contributed by atoms with E-state index in [0.717, 1.165) is 0 Å². The van der Waals surface area contributed by atoms with E-state index in [2.05, 4.69) is 0 Å². The summed E-state index contributed by atoms with van der Waals surface area (Å²) in [5.74, 6) is -0.588. The molecule has 0 aromatic carbocycles. The van der Waals surface area contributed by atoms with Crippen molar-refractivity contribution in [1.29, 1.82) is 0 Å². The molecule has 0 radical (unpaired) electrons. The van der Waals surface area contributed by atoms with Crippen molar-refractivity contribution >= 4 is 15.9 Å². The molecule has 1 rings (SSSR count). The van der Waals surface area contributed by atoms with E-state index >= 15 is 0 Å². The molecule has 6 heteroatoms. The third-order valence-corrected chi connectivity index (χ3v) is 5.19. The maximum absolute atomic E-state index is 11.9. The standard InChI is InChI=1S/C10H20N2O3S/c1-3-6-16(14,15)12-7-9(10(11)13)5-4-8(12)2/h8-9H,3-7H2,1-2H3,(H2,11,13). The predicted molar refractivity (Wildman–Crippen MR) is 62.2 cm³/mol. The molecular weight excluding hydrogens is 228 g/mol. The van der Waals surface area contributed by atoms with Gasteiger partial charge in [0.15, 0.2) is 0 Å². The monoisotopic (exact) mass is 248 g/mol. The van der Waals surface area contributed by atoms with Crippen molar-refractivity contribution in [3.8, 4) is 0 Å². The zero-order valence-electron chi connectivity index (χ0n) is 9.85. The maximum Gasteiger partial charge on any atom is 0.221 e. The second-order valence-electron chi connectivity index (χ2n) is 4.41. The molecule has 94 valence electrons. The smallest absolute Gasteiger partial charge is 0.221 e. The van der Waals surface area contributed by atoms with Crippen LogP contribution in [0, 0.1) is 5.92 Å². The van der Waals surface area contributed by atoms with Crippen LogP contribution in [0.25, 0.3) is 0 Å². The van der Waals surface area contributed by atoms with Gasteiger partial charge in [-0.05, 0) is 26.2 Å². The van der Waals surface area contributed by atoms with Gasteiger partial charge in [0.1, 0.15) is 0 Å². The Labute approximate surface area is 97.0 Å². The van der Waals surface area contributed by atoms with Crippen LogP contribution in [-0.2, 0) is 14.8 Å². The number of nitrogens with two attached hydrogens (primary N) is 1. The molecule has 1 amide bonds. The highest BCUT2D eigenvalue weighted by Crippen LogP contribution is 2.24. The van der Waals surface area contributed by atoms with Crippen LogP contribution in [0.2, 0.25) is 0 Å². The fourth-order valence-corrected chi connectivity index (χ4v) is 3.88. The van der Waals surface area contributed by atoms with E-state index < -0.39 is 15.9 Å². The van der Waals surface area contributed by atoms with Gasteiger partial charge in [0.2, 0.25) is 15.9 Å². The van der Waals surface area contributed by atoms with Gasteiger partial charge in [-0.3, -0.25) is 4.79 Å². The van der Waals surface area contributed by atoms with Crippen LogP contribution in [-0.4, -0.2) is 37.0 Å². The van der Waals surface area contributed by atoms with Gasteiger partial charge >= 0.3 is 0 Å². The molecule has 2 unspecified atom stereocenters. The number of rotatable bonds is 4. The third kappa shape index (κ3) is 2.95. The second kappa shape index (κ2) is 5.14. The Morgan fingerprint density at radius 1 is 1.44 bits per heavy atom. The topological polar surface area (TPSA) is 80.5 Å². The molecular formula is C10H20N2O3S. The highest BCUT2D eigenvalue weighted by atomic mass is 32.2. The summed E-state index contributed by atoms with van der Waals surface area (Å²) in [7, 11) is -3.22. The van der Waals surface area contributed by atoms with Gasteiger partial charge in [-0.2, -0.15) is 4.31 Å². The van der Waals surface area contributed by atoms with Crippen LogP contribution in [0.5, 0.6) is 0 Å². The van der Waals surface area contributed by atoms with Crippen molar-refractivity contribution in [2.45, 2.75) is 39.2 Å². The Bertz CT molecular complexity index is 353. The summed E-state index contributed by atoms with van der Waals surface area (Å²) in [5.41, 5.74) is 5.23. The number of hydrogen-bond donors (Lipinski definition) is 1. The molecule has 0 aromatic heterocycles. The van der Waals surface area contributed by atoms with Gasteiger partial charge in [-0.25, -0.2) is 8.42 Å². The van der Waals surface area contributed by atoms with Crippen LogP contribution < -0.4 is 5.73 Å². The summed E-state index contributed by atoms with van der Waals surface area (Å²) >= 11 is 0. The number of amides is 1. The van der Waals surface area contributed by atoms with E-state index in [9.17, 15) is 13.2 Å². The van der Waals surface area contributed by atoms with Crippen LogP contribution >= 0.6 is 0 Å². The first-order valence-electron chi connectivity index (χ1n) is 5.67. The number of piperidine rings is 1. The number of sulfonamides is 1. The molecule has 1 heterocycles. The van der Waals surface area contributed by atoms with E-state index in [-0.39, 0.29) is 24.3 Å². The number of carbonyl (C=O) groups excluding carboxylic acids is 1. The van der Waals surface area contributed by atoms with Gasteiger partial charge < -0.3 is 5.73 Å². The molecule has 5 nitrogen and oxygen atoms in total. The Morgan fingerprint density at radius 2 is 2.06 bits per heavy atom. The number of carbonyl (C=O) groups is 1. The molecule has 1 aliphatic heterocycles. The van der Waals surface area contributed by atoms with E-state index in [1.165, 1.54) is 4.31 Å². The lowest BCUT2D eigenvalue weighted by Gasteiger charge is -2.35.